The molecule has 72 valence electrons. The molecule has 0 aromatic heterocycles. The summed E-state index contributed by atoms with van der Waals surface area (Å²) in [4.78, 5) is 19.8. The molecule has 0 spiro atoms. The Morgan fingerprint density at radius 1 is 0.833 bits per heavy atom. The lowest BCUT2D eigenvalue weighted by Gasteiger charge is -1.90. The second-order valence-corrected chi connectivity index (χ2v) is 3.11. The maximum absolute atomic E-state index is 9.92. The van der Waals surface area contributed by atoms with Crippen LogP contribution in [0.3, 0.4) is 0 Å². The molecule has 0 saturated heterocycles. The quantitative estimate of drug-likeness (QED) is 0.629. The molecule has 4 N–H and O–H groups in total. The number of hydrogen-bond acceptors (Lipinski definition) is 2. The number of amides is 2. The summed E-state index contributed by atoms with van der Waals surface area (Å²) in [6.07, 6.45) is 0. The highest BCUT2D eigenvalue weighted by Crippen LogP contribution is 1.85. The minimum atomic E-state index is -0.241. The van der Waals surface area contributed by atoms with Crippen LogP contribution in [-0.4, -0.2) is 11.8 Å². The monoisotopic (exact) mass is 174 g/mol. The third kappa shape index (κ3) is 11.7. The SMILES string of the molecule is CC(C)C(N)=O.CC(C)C(N)=O. The van der Waals surface area contributed by atoms with E-state index >= 15 is 0 Å². The summed E-state index contributed by atoms with van der Waals surface area (Å²) in [6.45, 7) is 7.06. The van der Waals surface area contributed by atoms with Crippen LogP contribution in [-0.2, 0) is 9.59 Å². The molecule has 2 amide bonds. The van der Waals surface area contributed by atoms with Crippen LogP contribution in [0.2, 0.25) is 0 Å². The number of rotatable bonds is 2. The summed E-state index contributed by atoms with van der Waals surface area (Å²) in [5.41, 5.74) is 9.59. The Hall–Kier alpha value is -1.06. The third-order valence-corrected chi connectivity index (χ3v) is 1.14. The standard InChI is InChI=1S/2C4H9NO/c2*1-3(2)4(5)6/h2*3H,1-2H3,(H2,5,6). The highest BCUT2D eigenvalue weighted by atomic mass is 16.1. The Balaban J connectivity index is 0. The van der Waals surface area contributed by atoms with Gasteiger partial charge in [0, 0.05) is 11.8 Å². The molecule has 4 nitrogen and oxygen atoms in total. The Bertz CT molecular complexity index is 135. The van der Waals surface area contributed by atoms with Gasteiger partial charge < -0.3 is 11.5 Å². The van der Waals surface area contributed by atoms with Crippen molar-refractivity contribution in [2.45, 2.75) is 27.7 Å². The van der Waals surface area contributed by atoms with Gasteiger partial charge in [0.05, 0.1) is 0 Å². The molecule has 0 radical (unpaired) electrons. The molecular formula is C8H18N2O2. The maximum atomic E-state index is 9.92. The third-order valence-electron chi connectivity index (χ3n) is 1.14. The van der Waals surface area contributed by atoms with Crippen molar-refractivity contribution in [2.24, 2.45) is 23.3 Å². The summed E-state index contributed by atoms with van der Waals surface area (Å²) < 4.78 is 0. The Morgan fingerprint density at radius 3 is 0.917 bits per heavy atom. The van der Waals surface area contributed by atoms with Gasteiger partial charge in [0.1, 0.15) is 0 Å². The zero-order chi connectivity index (χ0) is 10.3. The fraction of sp³-hybridized carbons (Fsp3) is 0.750. The van der Waals surface area contributed by atoms with Crippen molar-refractivity contribution in [3.63, 3.8) is 0 Å². The van der Waals surface area contributed by atoms with Crippen LogP contribution in [0.1, 0.15) is 27.7 Å². The van der Waals surface area contributed by atoms with E-state index in [1.807, 2.05) is 0 Å². The highest BCUT2D eigenvalue weighted by molar-refractivity contribution is 5.75. The Labute approximate surface area is 73.3 Å². The summed E-state index contributed by atoms with van der Waals surface area (Å²) >= 11 is 0. The zero-order valence-electron chi connectivity index (χ0n) is 8.13. The maximum Gasteiger partial charge on any atom is 0.219 e. The first kappa shape index (κ1) is 13.5. The first-order valence-electron chi connectivity index (χ1n) is 3.87. The molecule has 0 aromatic carbocycles. The molecule has 0 aliphatic rings. The molecule has 0 fully saturated rings. The summed E-state index contributed by atoms with van der Waals surface area (Å²) in [5, 5.41) is 0. The van der Waals surface area contributed by atoms with Gasteiger partial charge >= 0.3 is 0 Å². The lowest BCUT2D eigenvalue weighted by Crippen LogP contribution is -2.17. The van der Waals surface area contributed by atoms with Crippen LogP contribution >= 0.6 is 0 Å². The predicted molar refractivity (Wildman–Crippen MR) is 48.1 cm³/mol. The van der Waals surface area contributed by atoms with Gasteiger partial charge in [0.25, 0.3) is 0 Å². The van der Waals surface area contributed by atoms with Crippen LogP contribution in [0, 0.1) is 11.8 Å². The predicted octanol–water partition coefficient (Wildman–Crippen LogP) is 0.255. The first-order chi connectivity index (χ1) is 5.29. The topological polar surface area (TPSA) is 86.2 Å². The van der Waals surface area contributed by atoms with Crippen LogP contribution in [0.4, 0.5) is 0 Å². The molecule has 0 aliphatic carbocycles. The van der Waals surface area contributed by atoms with Crippen molar-refractivity contribution in [1.29, 1.82) is 0 Å². The van der Waals surface area contributed by atoms with E-state index in [1.54, 1.807) is 27.7 Å². The molecule has 0 aliphatic heterocycles. The normalized spacial score (nSPS) is 9.17. The molecule has 0 bridgehead atoms. The van der Waals surface area contributed by atoms with Crippen molar-refractivity contribution >= 4 is 11.8 Å². The van der Waals surface area contributed by atoms with Crippen molar-refractivity contribution < 1.29 is 9.59 Å². The van der Waals surface area contributed by atoms with E-state index in [2.05, 4.69) is 0 Å². The molecule has 0 unspecified atom stereocenters. The number of hydrogen-bond donors (Lipinski definition) is 2. The van der Waals surface area contributed by atoms with Gasteiger partial charge in [-0.2, -0.15) is 0 Å². The summed E-state index contributed by atoms with van der Waals surface area (Å²) in [6, 6.07) is 0. The molecule has 0 heterocycles. The van der Waals surface area contributed by atoms with E-state index in [0.29, 0.717) is 0 Å². The van der Waals surface area contributed by atoms with Crippen molar-refractivity contribution in [3.8, 4) is 0 Å². The fourth-order valence-electron chi connectivity index (χ4n) is 0. The van der Waals surface area contributed by atoms with Gasteiger partial charge in [-0.25, -0.2) is 0 Å². The van der Waals surface area contributed by atoms with E-state index in [1.165, 1.54) is 0 Å². The Kier molecular flexibility index (Phi) is 7.48. The van der Waals surface area contributed by atoms with Gasteiger partial charge in [-0.1, -0.05) is 27.7 Å². The fourth-order valence-corrected chi connectivity index (χ4v) is 0. The van der Waals surface area contributed by atoms with Crippen LogP contribution < -0.4 is 11.5 Å². The number of carbonyl (C=O) groups excluding carboxylic acids is 2. The van der Waals surface area contributed by atoms with Gasteiger partial charge in [0.15, 0.2) is 0 Å². The largest absolute Gasteiger partial charge is 0.369 e. The van der Waals surface area contributed by atoms with Crippen LogP contribution in [0.15, 0.2) is 0 Å². The Morgan fingerprint density at radius 2 is 0.917 bits per heavy atom. The summed E-state index contributed by atoms with van der Waals surface area (Å²) in [5.74, 6) is -0.500. The number of nitrogens with two attached hydrogens (primary N) is 2. The minimum Gasteiger partial charge on any atom is -0.369 e. The van der Waals surface area contributed by atoms with E-state index in [9.17, 15) is 9.59 Å². The lowest BCUT2D eigenvalue weighted by atomic mass is 10.2. The van der Waals surface area contributed by atoms with Crippen LogP contribution in [0.25, 0.3) is 0 Å². The second kappa shape index (κ2) is 6.64. The smallest absolute Gasteiger partial charge is 0.219 e. The molecule has 0 rings (SSSR count). The van der Waals surface area contributed by atoms with Gasteiger partial charge in [-0.3, -0.25) is 9.59 Å². The zero-order valence-corrected chi connectivity index (χ0v) is 8.13. The molecule has 0 atom stereocenters. The van der Waals surface area contributed by atoms with E-state index in [-0.39, 0.29) is 23.7 Å². The van der Waals surface area contributed by atoms with Crippen molar-refractivity contribution in [1.82, 2.24) is 0 Å². The minimum absolute atomic E-state index is 0.00926. The van der Waals surface area contributed by atoms with E-state index < -0.39 is 0 Å². The van der Waals surface area contributed by atoms with Crippen molar-refractivity contribution in [2.75, 3.05) is 0 Å². The second-order valence-electron chi connectivity index (χ2n) is 3.11. The van der Waals surface area contributed by atoms with E-state index in [0.717, 1.165) is 0 Å². The van der Waals surface area contributed by atoms with Gasteiger partial charge in [-0.05, 0) is 0 Å². The van der Waals surface area contributed by atoms with Gasteiger partial charge in [0.2, 0.25) is 11.8 Å². The first-order valence-corrected chi connectivity index (χ1v) is 3.87. The average molecular weight is 174 g/mol. The van der Waals surface area contributed by atoms with Gasteiger partial charge in [-0.15, -0.1) is 0 Å². The van der Waals surface area contributed by atoms with Crippen molar-refractivity contribution in [3.05, 3.63) is 0 Å². The lowest BCUT2D eigenvalue weighted by molar-refractivity contribution is -0.121. The molecule has 4 heteroatoms. The molecular weight excluding hydrogens is 156 g/mol. The summed E-state index contributed by atoms with van der Waals surface area (Å²) in [7, 11) is 0. The molecule has 0 aromatic rings. The van der Waals surface area contributed by atoms with Crippen LogP contribution in [0.5, 0.6) is 0 Å². The van der Waals surface area contributed by atoms with E-state index in [4.69, 9.17) is 11.5 Å². The highest BCUT2D eigenvalue weighted by Gasteiger charge is 1.96. The average Bonchev–Trinajstić information content (AvgIpc) is 1.88. The molecule has 0 saturated carbocycles. The molecule has 12 heavy (non-hydrogen) atoms. The number of carbonyl (C=O) groups is 2. The number of primary amides is 2.